The predicted molar refractivity (Wildman–Crippen MR) is 121 cm³/mol. The first-order valence-corrected chi connectivity index (χ1v) is 11.2. The Balaban J connectivity index is 1.82. The number of pyridine rings is 1. The lowest BCUT2D eigenvalue weighted by Gasteiger charge is -2.29. The van der Waals surface area contributed by atoms with E-state index in [9.17, 15) is 23.5 Å². The molecule has 0 radical (unpaired) electrons. The Morgan fingerprint density at radius 2 is 1.94 bits per heavy atom. The number of amides is 2. The quantitative estimate of drug-likeness (QED) is 0.533. The molecular weight excluding hydrogens is 454 g/mol. The molecule has 33 heavy (non-hydrogen) atoms. The van der Waals surface area contributed by atoms with E-state index in [1.807, 2.05) is 11.8 Å². The SMILES string of the molecule is CC(NC(=O)c1cnc(Cl)c(-c2cc(F)cc(F)c2)c1N1CC[C@](C)(NC(=O)O)C1)C1CC1. The number of hydrogen-bond acceptors (Lipinski definition) is 4. The molecule has 4 rings (SSSR count). The molecule has 1 aliphatic heterocycles. The number of carbonyl (C=O) groups excluding carboxylic acids is 1. The van der Waals surface area contributed by atoms with Gasteiger partial charge in [-0.1, -0.05) is 11.6 Å². The van der Waals surface area contributed by atoms with Crippen LogP contribution in [0.1, 0.15) is 43.5 Å². The molecule has 1 saturated heterocycles. The van der Waals surface area contributed by atoms with Gasteiger partial charge < -0.3 is 20.6 Å². The van der Waals surface area contributed by atoms with Gasteiger partial charge in [-0.2, -0.15) is 0 Å². The number of benzene rings is 1. The van der Waals surface area contributed by atoms with Gasteiger partial charge in [0.05, 0.1) is 16.8 Å². The van der Waals surface area contributed by atoms with Gasteiger partial charge in [-0.3, -0.25) is 4.79 Å². The highest BCUT2D eigenvalue weighted by Crippen LogP contribution is 2.42. The lowest BCUT2D eigenvalue weighted by atomic mass is 10.00. The highest BCUT2D eigenvalue weighted by molar-refractivity contribution is 6.33. The average molecular weight is 479 g/mol. The molecule has 2 fully saturated rings. The van der Waals surface area contributed by atoms with Crippen molar-refractivity contribution >= 4 is 29.3 Å². The maximum absolute atomic E-state index is 14.1. The van der Waals surface area contributed by atoms with Crippen LogP contribution in [0.5, 0.6) is 0 Å². The van der Waals surface area contributed by atoms with Gasteiger partial charge in [0.2, 0.25) is 0 Å². The minimum Gasteiger partial charge on any atom is -0.465 e. The van der Waals surface area contributed by atoms with E-state index in [1.165, 1.54) is 6.20 Å². The molecule has 10 heteroatoms. The summed E-state index contributed by atoms with van der Waals surface area (Å²) < 4.78 is 28.2. The van der Waals surface area contributed by atoms with E-state index < -0.39 is 23.3 Å². The number of aromatic nitrogens is 1. The van der Waals surface area contributed by atoms with E-state index in [-0.39, 0.29) is 40.3 Å². The Bertz CT molecular complexity index is 1090. The first-order chi connectivity index (χ1) is 15.6. The fourth-order valence-corrected chi connectivity index (χ4v) is 4.69. The van der Waals surface area contributed by atoms with Crippen LogP contribution in [0.3, 0.4) is 0 Å². The summed E-state index contributed by atoms with van der Waals surface area (Å²) in [7, 11) is 0. The molecule has 2 aliphatic rings. The molecule has 0 bridgehead atoms. The third-order valence-corrected chi connectivity index (χ3v) is 6.57. The van der Waals surface area contributed by atoms with Gasteiger partial charge in [0.1, 0.15) is 16.8 Å². The van der Waals surface area contributed by atoms with E-state index in [0.29, 0.717) is 24.6 Å². The van der Waals surface area contributed by atoms with Crippen molar-refractivity contribution in [3.05, 3.63) is 46.7 Å². The highest BCUT2D eigenvalue weighted by Gasteiger charge is 2.39. The Morgan fingerprint density at radius 3 is 2.55 bits per heavy atom. The third-order valence-electron chi connectivity index (χ3n) is 6.29. The molecule has 1 aliphatic carbocycles. The Morgan fingerprint density at radius 1 is 1.27 bits per heavy atom. The van der Waals surface area contributed by atoms with Crippen molar-refractivity contribution in [2.24, 2.45) is 5.92 Å². The number of carbonyl (C=O) groups is 2. The van der Waals surface area contributed by atoms with Crippen molar-refractivity contribution in [1.82, 2.24) is 15.6 Å². The number of rotatable bonds is 6. The van der Waals surface area contributed by atoms with Crippen molar-refractivity contribution < 1.29 is 23.5 Å². The molecule has 0 spiro atoms. The maximum atomic E-state index is 14.1. The van der Waals surface area contributed by atoms with Gasteiger partial charge in [-0.15, -0.1) is 0 Å². The first kappa shape index (κ1) is 23.2. The molecule has 3 N–H and O–H groups in total. The molecule has 1 saturated carbocycles. The van der Waals surface area contributed by atoms with E-state index >= 15 is 0 Å². The normalized spacial score (nSPS) is 21.1. The monoisotopic (exact) mass is 478 g/mol. The molecule has 2 aromatic rings. The molecule has 1 unspecified atom stereocenters. The third kappa shape index (κ3) is 5.03. The molecule has 7 nitrogen and oxygen atoms in total. The zero-order valence-electron chi connectivity index (χ0n) is 18.3. The summed E-state index contributed by atoms with van der Waals surface area (Å²) in [5, 5.41) is 14.7. The van der Waals surface area contributed by atoms with Crippen LogP contribution in [0.2, 0.25) is 5.15 Å². The largest absolute Gasteiger partial charge is 0.465 e. The van der Waals surface area contributed by atoms with Gasteiger partial charge in [0.15, 0.2) is 0 Å². The molecule has 2 amide bonds. The van der Waals surface area contributed by atoms with E-state index in [0.717, 1.165) is 31.0 Å². The van der Waals surface area contributed by atoms with Crippen LogP contribution in [0.15, 0.2) is 24.4 Å². The van der Waals surface area contributed by atoms with Gasteiger partial charge in [-0.25, -0.2) is 18.6 Å². The second-order valence-corrected chi connectivity index (χ2v) is 9.46. The number of halogens is 3. The number of carboxylic acid groups (broad SMARTS) is 1. The number of anilines is 1. The summed E-state index contributed by atoms with van der Waals surface area (Å²) in [6.07, 6.45) is 2.76. The molecule has 176 valence electrons. The minimum atomic E-state index is -1.16. The topological polar surface area (TPSA) is 94.6 Å². The zero-order chi connectivity index (χ0) is 23.9. The fraction of sp³-hybridized carbons (Fsp3) is 0.435. The molecule has 1 aromatic heterocycles. The number of hydrogen-bond donors (Lipinski definition) is 3. The van der Waals surface area contributed by atoms with Crippen LogP contribution in [-0.4, -0.2) is 46.8 Å². The van der Waals surface area contributed by atoms with E-state index in [2.05, 4.69) is 15.6 Å². The van der Waals surface area contributed by atoms with Crippen LogP contribution in [-0.2, 0) is 0 Å². The van der Waals surface area contributed by atoms with Gasteiger partial charge in [0.25, 0.3) is 5.91 Å². The average Bonchev–Trinajstić information content (AvgIpc) is 3.49. The summed E-state index contributed by atoms with van der Waals surface area (Å²) in [5.74, 6) is -1.53. The van der Waals surface area contributed by atoms with E-state index in [1.54, 1.807) is 6.92 Å². The van der Waals surface area contributed by atoms with Crippen LogP contribution in [0, 0.1) is 17.6 Å². The number of nitrogens with one attached hydrogen (secondary N) is 2. The van der Waals surface area contributed by atoms with Gasteiger partial charge in [0, 0.05) is 37.0 Å². The summed E-state index contributed by atoms with van der Waals surface area (Å²) in [6.45, 7) is 4.34. The molecule has 2 atom stereocenters. The highest BCUT2D eigenvalue weighted by atomic mass is 35.5. The lowest BCUT2D eigenvalue weighted by molar-refractivity contribution is 0.0936. The Labute approximate surface area is 195 Å². The molecular formula is C23H25ClF2N4O3. The summed E-state index contributed by atoms with van der Waals surface area (Å²) in [5.41, 5.74) is 0.176. The Hall–Kier alpha value is -2.94. The van der Waals surface area contributed by atoms with Crippen molar-refractivity contribution in [3.8, 4) is 11.1 Å². The zero-order valence-corrected chi connectivity index (χ0v) is 19.0. The predicted octanol–water partition coefficient (Wildman–Crippen LogP) is 4.44. The van der Waals surface area contributed by atoms with Crippen LogP contribution < -0.4 is 15.5 Å². The summed E-state index contributed by atoms with van der Waals surface area (Å²) >= 11 is 6.42. The van der Waals surface area contributed by atoms with Crippen LogP contribution in [0.25, 0.3) is 11.1 Å². The van der Waals surface area contributed by atoms with Crippen LogP contribution >= 0.6 is 11.6 Å². The maximum Gasteiger partial charge on any atom is 0.405 e. The standard InChI is InChI=1S/C23H25ClF2N4O3/c1-12(13-3-4-13)28-21(31)17-10-27-20(24)18(14-7-15(25)9-16(26)8-14)19(17)30-6-5-23(2,11-30)29-22(32)33/h7-10,12-13,29H,3-6,11H2,1-2H3,(H,28,31)(H,32,33)/t12?,23-/m0/s1. The molecule has 2 heterocycles. The van der Waals surface area contributed by atoms with Crippen molar-refractivity contribution in [2.75, 3.05) is 18.0 Å². The minimum absolute atomic E-state index is 0.0124. The van der Waals surface area contributed by atoms with Crippen LogP contribution in [0.4, 0.5) is 19.3 Å². The van der Waals surface area contributed by atoms with E-state index in [4.69, 9.17) is 11.6 Å². The second kappa shape index (κ2) is 8.78. The first-order valence-electron chi connectivity index (χ1n) is 10.8. The lowest BCUT2D eigenvalue weighted by Crippen LogP contribution is -2.47. The van der Waals surface area contributed by atoms with Crippen molar-refractivity contribution in [2.45, 2.75) is 44.7 Å². The molecule has 1 aromatic carbocycles. The Kier molecular flexibility index (Phi) is 6.18. The smallest absolute Gasteiger partial charge is 0.405 e. The summed E-state index contributed by atoms with van der Waals surface area (Å²) in [4.78, 5) is 30.5. The van der Waals surface area contributed by atoms with Crippen molar-refractivity contribution in [1.29, 1.82) is 0 Å². The van der Waals surface area contributed by atoms with Gasteiger partial charge >= 0.3 is 6.09 Å². The summed E-state index contributed by atoms with van der Waals surface area (Å²) in [6, 6.07) is 2.99. The van der Waals surface area contributed by atoms with Crippen molar-refractivity contribution in [3.63, 3.8) is 0 Å². The number of nitrogens with zero attached hydrogens (tertiary/aromatic N) is 2. The second-order valence-electron chi connectivity index (χ2n) is 9.11. The fourth-order valence-electron chi connectivity index (χ4n) is 4.44. The van der Waals surface area contributed by atoms with Gasteiger partial charge in [-0.05, 0) is 56.7 Å².